The van der Waals surface area contributed by atoms with Crippen LogP contribution in [0.5, 0.6) is 0 Å². The lowest BCUT2D eigenvalue weighted by molar-refractivity contribution is 0.0601. The number of aromatic nitrogens is 1. The molecule has 23 heavy (non-hydrogen) atoms. The molecular formula is C16H16N4O2S. The van der Waals surface area contributed by atoms with Gasteiger partial charge in [0.15, 0.2) is 0 Å². The number of carbonyl (C=O) groups is 1. The number of nitrogens with one attached hydrogen (secondary N) is 2. The number of hydrogen-bond donors (Lipinski definition) is 3. The van der Waals surface area contributed by atoms with E-state index in [1.54, 1.807) is 37.5 Å². The SMILES string of the molecule is CN=Cc1c(N)[nH]c(=S)c(C=N)c1-c1ccc(C(=O)OC)cc1. The lowest BCUT2D eigenvalue weighted by Crippen LogP contribution is -2.05. The molecule has 1 aromatic carbocycles. The first kappa shape index (κ1) is 16.6. The largest absolute Gasteiger partial charge is 0.465 e. The minimum absolute atomic E-state index is 0.373. The van der Waals surface area contributed by atoms with Crippen LogP contribution in [0.25, 0.3) is 11.1 Å². The molecule has 0 radical (unpaired) electrons. The summed E-state index contributed by atoms with van der Waals surface area (Å²) in [7, 11) is 2.96. The van der Waals surface area contributed by atoms with Crippen LogP contribution in [0.1, 0.15) is 21.5 Å². The van der Waals surface area contributed by atoms with Gasteiger partial charge in [0, 0.05) is 36.2 Å². The molecule has 7 heteroatoms. The molecule has 1 heterocycles. The van der Waals surface area contributed by atoms with Crippen molar-refractivity contribution in [2.45, 2.75) is 0 Å². The van der Waals surface area contributed by atoms with Crippen molar-refractivity contribution in [2.24, 2.45) is 4.99 Å². The summed E-state index contributed by atoms with van der Waals surface area (Å²) in [5.41, 5.74) is 9.10. The molecule has 0 aliphatic carbocycles. The van der Waals surface area contributed by atoms with Crippen LogP contribution in [-0.2, 0) is 4.74 Å². The van der Waals surface area contributed by atoms with E-state index in [1.807, 2.05) is 0 Å². The van der Waals surface area contributed by atoms with Gasteiger partial charge in [0.2, 0.25) is 0 Å². The van der Waals surface area contributed by atoms with Crippen LogP contribution in [0.15, 0.2) is 29.3 Å². The van der Waals surface area contributed by atoms with Crippen molar-refractivity contribution in [3.05, 3.63) is 45.6 Å². The van der Waals surface area contributed by atoms with E-state index in [-0.39, 0.29) is 0 Å². The number of ether oxygens (including phenoxy) is 1. The second-order valence-corrected chi connectivity index (χ2v) is 5.08. The normalized spacial score (nSPS) is 10.7. The minimum atomic E-state index is -0.413. The van der Waals surface area contributed by atoms with Gasteiger partial charge >= 0.3 is 5.97 Å². The van der Waals surface area contributed by atoms with Crippen LogP contribution in [0.2, 0.25) is 0 Å². The fourth-order valence-corrected chi connectivity index (χ4v) is 2.52. The first-order chi connectivity index (χ1) is 11.0. The third-order valence-electron chi connectivity index (χ3n) is 3.32. The summed E-state index contributed by atoms with van der Waals surface area (Å²) in [5, 5.41) is 7.64. The molecule has 4 N–H and O–H groups in total. The van der Waals surface area contributed by atoms with Crippen molar-refractivity contribution < 1.29 is 9.53 Å². The number of nitrogen functional groups attached to an aromatic ring is 1. The van der Waals surface area contributed by atoms with Gasteiger partial charge in [0.05, 0.1) is 12.7 Å². The van der Waals surface area contributed by atoms with Gasteiger partial charge in [-0.3, -0.25) is 4.99 Å². The summed E-state index contributed by atoms with van der Waals surface area (Å²) in [6, 6.07) is 6.82. The van der Waals surface area contributed by atoms with Gasteiger partial charge in [0.1, 0.15) is 10.5 Å². The Balaban J connectivity index is 2.73. The molecule has 0 saturated heterocycles. The minimum Gasteiger partial charge on any atom is -0.465 e. The Morgan fingerprint density at radius 2 is 2.00 bits per heavy atom. The number of aliphatic imine (C=N–C) groups is 1. The van der Waals surface area contributed by atoms with Crippen molar-refractivity contribution in [3.63, 3.8) is 0 Å². The maximum absolute atomic E-state index is 11.5. The van der Waals surface area contributed by atoms with Crippen LogP contribution in [0, 0.1) is 10.0 Å². The van der Waals surface area contributed by atoms with Gasteiger partial charge < -0.3 is 20.9 Å². The third kappa shape index (κ3) is 3.19. The highest BCUT2D eigenvalue weighted by molar-refractivity contribution is 7.71. The van der Waals surface area contributed by atoms with Crippen LogP contribution < -0.4 is 5.73 Å². The predicted octanol–water partition coefficient (Wildman–Crippen LogP) is 2.83. The Labute approximate surface area is 138 Å². The molecule has 0 spiro atoms. The summed E-state index contributed by atoms with van der Waals surface area (Å²) < 4.78 is 5.06. The van der Waals surface area contributed by atoms with Gasteiger partial charge in [-0.2, -0.15) is 0 Å². The maximum Gasteiger partial charge on any atom is 0.337 e. The molecule has 1 aromatic heterocycles. The first-order valence-electron chi connectivity index (χ1n) is 6.70. The summed E-state index contributed by atoms with van der Waals surface area (Å²) in [5.74, 6) is -0.0396. The molecule has 2 rings (SSSR count). The average Bonchev–Trinajstić information content (AvgIpc) is 2.56. The number of nitrogens with two attached hydrogens (primary N) is 1. The Kier molecular flexibility index (Phi) is 5.02. The van der Waals surface area contributed by atoms with Crippen LogP contribution in [0.3, 0.4) is 0 Å². The second kappa shape index (κ2) is 6.97. The van der Waals surface area contributed by atoms with Gasteiger partial charge in [-0.25, -0.2) is 4.79 Å². The maximum atomic E-state index is 11.5. The van der Waals surface area contributed by atoms with Crippen molar-refractivity contribution >= 4 is 36.4 Å². The van der Waals surface area contributed by atoms with Gasteiger partial charge in [-0.05, 0) is 17.7 Å². The number of anilines is 1. The van der Waals surface area contributed by atoms with Crippen molar-refractivity contribution in [1.82, 2.24) is 4.98 Å². The van der Waals surface area contributed by atoms with E-state index in [0.717, 1.165) is 5.56 Å². The molecule has 0 unspecified atom stereocenters. The first-order valence-corrected chi connectivity index (χ1v) is 7.11. The number of aromatic amines is 1. The van der Waals surface area contributed by atoms with Crippen LogP contribution in [-0.4, -0.2) is 37.5 Å². The Bertz CT molecular complexity index is 838. The number of H-pyrrole nitrogens is 1. The number of hydrogen-bond acceptors (Lipinski definition) is 6. The zero-order valence-electron chi connectivity index (χ0n) is 12.7. The number of benzene rings is 1. The van der Waals surface area contributed by atoms with E-state index in [4.69, 9.17) is 23.4 Å². The zero-order chi connectivity index (χ0) is 17.0. The molecular weight excluding hydrogens is 312 g/mol. The highest BCUT2D eigenvalue weighted by atomic mass is 32.1. The Hall–Kier alpha value is -2.80. The molecule has 2 aromatic rings. The topological polar surface area (TPSA) is 104 Å². The number of esters is 1. The molecule has 0 aliphatic heterocycles. The van der Waals surface area contributed by atoms with E-state index in [9.17, 15) is 4.79 Å². The van der Waals surface area contributed by atoms with E-state index in [0.29, 0.717) is 32.7 Å². The summed E-state index contributed by atoms with van der Waals surface area (Å²) in [6.07, 6.45) is 2.78. The lowest BCUT2D eigenvalue weighted by atomic mass is 9.96. The summed E-state index contributed by atoms with van der Waals surface area (Å²) in [6.45, 7) is 0. The highest BCUT2D eigenvalue weighted by Gasteiger charge is 2.15. The smallest absolute Gasteiger partial charge is 0.337 e. The lowest BCUT2D eigenvalue weighted by Gasteiger charge is -2.13. The fraction of sp³-hybridized carbons (Fsp3) is 0.125. The molecule has 6 nitrogen and oxygen atoms in total. The van der Waals surface area contributed by atoms with E-state index in [1.165, 1.54) is 13.3 Å². The summed E-state index contributed by atoms with van der Waals surface area (Å²) >= 11 is 5.25. The third-order valence-corrected chi connectivity index (χ3v) is 3.64. The molecule has 0 amide bonds. The van der Waals surface area contributed by atoms with Gasteiger partial charge in [0.25, 0.3) is 0 Å². The highest BCUT2D eigenvalue weighted by Crippen LogP contribution is 2.29. The van der Waals surface area contributed by atoms with E-state index < -0.39 is 5.97 Å². The fourth-order valence-electron chi connectivity index (χ4n) is 2.25. The van der Waals surface area contributed by atoms with Gasteiger partial charge in [-0.1, -0.05) is 24.4 Å². The van der Waals surface area contributed by atoms with Crippen molar-refractivity contribution in [3.8, 4) is 11.1 Å². The molecule has 0 atom stereocenters. The number of rotatable bonds is 4. The van der Waals surface area contributed by atoms with E-state index in [2.05, 4.69) is 14.7 Å². The average molecular weight is 328 g/mol. The summed E-state index contributed by atoms with van der Waals surface area (Å²) in [4.78, 5) is 18.4. The van der Waals surface area contributed by atoms with E-state index >= 15 is 0 Å². The number of nitrogens with zero attached hydrogens (tertiary/aromatic N) is 1. The van der Waals surface area contributed by atoms with Gasteiger partial charge in [-0.15, -0.1) is 0 Å². The standard InChI is InChI=1S/C16H16N4O2S/c1-19-8-12-13(11(7-17)15(23)20-14(12)18)9-3-5-10(6-4-9)16(21)22-2/h3-8,17H,1-2H3,(H3,18,20,23). The number of carbonyl (C=O) groups excluding carboxylic acids is 1. The number of pyridine rings is 1. The molecule has 118 valence electrons. The molecule has 0 aliphatic rings. The quantitative estimate of drug-likeness (QED) is 0.456. The second-order valence-electron chi connectivity index (χ2n) is 4.67. The molecule has 0 bridgehead atoms. The van der Waals surface area contributed by atoms with Crippen molar-refractivity contribution in [1.29, 1.82) is 5.41 Å². The monoisotopic (exact) mass is 328 g/mol. The van der Waals surface area contributed by atoms with Crippen LogP contribution in [0.4, 0.5) is 5.82 Å². The van der Waals surface area contributed by atoms with Crippen LogP contribution >= 0.6 is 12.2 Å². The van der Waals surface area contributed by atoms with Crippen molar-refractivity contribution in [2.75, 3.05) is 19.9 Å². The Morgan fingerprint density at radius 1 is 1.35 bits per heavy atom. The molecule has 0 saturated carbocycles. The zero-order valence-corrected chi connectivity index (χ0v) is 13.5. The number of methoxy groups -OCH3 is 1. The Morgan fingerprint density at radius 3 is 2.52 bits per heavy atom. The molecule has 0 fully saturated rings. The predicted molar refractivity (Wildman–Crippen MR) is 94.2 cm³/mol.